The largest absolute Gasteiger partial charge is 0.481 e. The van der Waals surface area contributed by atoms with Crippen molar-refractivity contribution < 1.29 is 14.3 Å². The van der Waals surface area contributed by atoms with Crippen LogP contribution in [0, 0.1) is 5.82 Å². The second kappa shape index (κ2) is 7.12. The Labute approximate surface area is 105 Å². The van der Waals surface area contributed by atoms with E-state index < -0.39 is 11.8 Å². The fourth-order valence-corrected chi connectivity index (χ4v) is 1.60. The lowest BCUT2D eigenvalue weighted by atomic mass is 10.2. The van der Waals surface area contributed by atoms with Crippen molar-refractivity contribution >= 4 is 23.3 Å². The number of carboxylic acids is 1. The molecule has 1 rings (SSSR count). The second-order valence-corrected chi connectivity index (χ2v) is 4.17. The van der Waals surface area contributed by atoms with E-state index in [9.17, 15) is 9.18 Å². The summed E-state index contributed by atoms with van der Waals surface area (Å²) in [6.45, 7) is 0.724. The van der Waals surface area contributed by atoms with Gasteiger partial charge in [-0.15, -0.1) is 0 Å². The summed E-state index contributed by atoms with van der Waals surface area (Å²) in [6, 6.07) is 4.47. The lowest BCUT2D eigenvalue weighted by molar-refractivity contribution is -0.137. The Morgan fingerprint density at radius 2 is 2.12 bits per heavy atom. The number of anilines is 1. The van der Waals surface area contributed by atoms with Crippen LogP contribution in [-0.2, 0) is 4.79 Å². The van der Waals surface area contributed by atoms with Crippen molar-refractivity contribution in [2.45, 2.75) is 25.7 Å². The SMILES string of the molecule is O=C(O)CCCCCNc1ccc(F)c(Cl)c1. The number of benzene rings is 1. The number of aliphatic carboxylic acids is 1. The highest BCUT2D eigenvalue weighted by atomic mass is 35.5. The predicted octanol–water partition coefficient (Wildman–Crippen LogP) is 3.54. The number of rotatable bonds is 7. The molecule has 0 saturated heterocycles. The Morgan fingerprint density at radius 3 is 2.76 bits per heavy atom. The van der Waals surface area contributed by atoms with Gasteiger partial charge in [-0.1, -0.05) is 18.0 Å². The average Bonchev–Trinajstić information content (AvgIpc) is 2.27. The first-order chi connectivity index (χ1) is 8.09. The normalized spacial score (nSPS) is 10.2. The van der Waals surface area contributed by atoms with Gasteiger partial charge in [0.1, 0.15) is 5.82 Å². The lowest BCUT2D eigenvalue weighted by Crippen LogP contribution is -2.02. The Balaban J connectivity index is 2.18. The van der Waals surface area contributed by atoms with E-state index in [-0.39, 0.29) is 11.4 Å². The van der Waals surface area contributed by atoms with Crippen molar-refractivity contribution in [3.8, 4) is 0 Å². The molecular weight excluding hydrogens is 245 g/mol. The smallest absolute Gasteiger partial charge is 0.303 e. The molecule has 0 radical (unpaired) electrons. The van der Waals surface area contributed by atoms with Gasteiger partial charge in [-0.2, -0.15) is 0 Å². The highest BCUT2D eigenvalue weighted by Crippen LogP contribution is 2.19. The molecule has 1 aromatic rings. The lowest BCUT2D eigenvalue weighted by Gasteiger charge is -2.06. The van der Waals surface area contributed by atoms with Crippen LogP contribution in [0.4, 0.5) is 10.1 Å². The molecule has 0 aromatic heterocycles. The van der Waals surface area contributed by atoms with E-state index >= 15 is 0 Å². The summed E-state index contributed by atoms with van der Waals surface area (Å²) in [5.41, 5.74) is 0.773. The maximum Gasteiger partial charge on any atom is 0.303 e. The Hall–Kier alpha value is -1.29. The maximum atomic E-state index is 12.8. The Bertz CT molecular complexity index is 385. The third kappa shape index (κ3) is 5.54. The Kier molecular flexibility index (Phi) is 5.77. The maximum absolute atomic E-state index is 12.8. The highest BCUT2D eigenvalue weighted by molar-refractivity contribution is 6.31. The standard InChI is InChI=1S/C12H15ClFNO2/c13-10-8-9(5-6-11(10)14)15-7-3-1-2-4-12(16)17/h5-6,8,15H,1-4,7H2,(H,16,17). The molecule has 0 heterocycles. The van der Waals surface area contributed by atoms with Crippen molar-refractivity contribution in [1.82, 2.24) is 0 Å². The van der Waals surface area contributed by atoms with Crippen LogP contribution in [0.3, 0.4) is 0 Å². The van der Waals surface area contributed by atoms with E-state index in [0.717, 1.165) is 25.1 Å². The molecule has 1 aromatic carbocycles. The number of hydrogen-bond acceptors (Lipinski definition) is 2. The van der Waals surface area contributed by atoms with Crippen molar-refractivity contribution in [1.29, 1.82) is 0 Å². The van der Waals surface area contributed by atoms with Crippen LogP contribution >= 0.6 is 11.6 Å². The number of unbranched alkanes of at least 4 members (excludes halogenated alkanes) is 2. The topological polar surface area (TPSA) is 49.3 Å². The zero-order valence-electron chi connectivity index (χ0n) is 9.38. The van der Waals surface area contributed by atoms with Crippen molar-refractivity contribution in [2.24, 2.45) is 0 Å². The molecule has 0 aliphatic carbocycles. The van der Waals surface area contributed by atoms with E-state index in [4.69, 9.17) is 16.7 Å². The van der Waals surface area contributed by atoms with Gasteiger partial charge in [0.25, 0.3) is 0 Å². The van der Waals surface area contributed by atoms with E-state index in [1.165, 1.54) is 12.1 Å². The van der Waals surface area contributed by atoms with Crippen LogP contribution in [0.5, 0.6) is 0 Å². The molecule has 2 N–H and O–H groups in total. The molecule has 0 atom stereocenters. The van der Waals surface area contributed by atoms with Crippen LogP contribution in [-0.4, -0.2) is 17.6 Å². The number of nitrogens with one attached hydrogen (secondary N) is 1. The summed E-state index contributed by atoms with van der Waals surface area (Å²) in [6.07, 6.45) is 2.63. The molecule has 94 valence electrons. The minimum absolute atomic E-state index is 0.0980. The fraction of sp³-hybridized carbons (Fsp3) is 0.417. The summed E-state index contributed by atoms with van der Waals surface area (Å²) >= 11 is 5.63. The second-order valence-electron chi connectivity index (χ2n) is 3.76. The van der Waals surface area contributed by atoms with Gasteiger partial charge in [0, 0.05) is 18.7 Å². The number of carboxylic acid groups (broad SMARTS) is 1. The first-order valence-electron chi connectivity index (χ1n) is 5.50. The summed E-state index contributed by atoms with van der Waals surface area (Å²) in [4.78, 5) is 10.3. The number of carbonyl (C=O) groups is 1. The monoisotopic (exact) mass is 259 g/mol. The average molecular weight is 260 g/mol. The van der Waals surface area contributed by atoms with Gasteiger partial charge in [0.15, 0.2) is 0 Å². The summed E-state index contributed by atoms with van der Waals surface area (Å²) in [5, 5.41) is 11.6. The van der Waals surface area contributed by atoms with Crippen molar-refractivity contribution in [3.05, 3.63) is 29.0 Å². The van der Waals surface area contributed by atoms with Gasteiger partial charge in [-0.05, 0) is 31.0 Å². The molecule has 17 heavy (non-hydrogen) atoms. The van der Waals surface area contributed by atoms with Gasteiger partial charge in [-0.3, -0.25) is 4.79 Å². The third-order valence-electron chi connectivity index (χ3n) is 2.32. The van der Waals surface area contributed by atoms with Gasteiger partial charge >= 0.3 is 5.97 Å². The van der Waals surface area contributed by atoms with Gasteiger partial charge in [0.2, 0.25) is 0 Å². The zero-order valence-corrected chi connectivity index (χ0v) is 10.1. The molecule has 0 unspecified atom stereocenters. The van der Waals surface area contributed by atoms with Crippen LogP contribution in [0.2, 0.25) is 5.02 Å². The van der Waals surface area contributed by atoms with Crippen molar-refractivity contribution in [3.63, 3.8) is 0 Å². The Morgan fingerprint density at radius 1 is 1.35 bits per heavy atom. The van der Waals surface area contributed by atoms with Gasteiger partial charge in [-0.25, -0.2) is 4.39 Å². The predicted molar refractivity (Wildman–Crippen MR) is 66.0 cm³/mol. The van der Waals surface area contributed by atoms with Crippen LogP contribution < -0.4 is 5.32 Å². The van der Waals surface area contributed by atoms with Crippen LogP contribution in [0.15, 0.2) is 18.2 Å². The number of hydrogen-bond donors (Lipinski definition) is 2. The molecule has 0 fully saturated rings. The zero-order chi connectivity index (χ0) is 12.7. The van der Waals surface area contributed by atoms with E-state index in [0.29, 0.717) is 6.42 Å². The third-order valence-corrected chi connectivity index (χ3v) is 2.61. The van der Waals surface area contributed by atoms with Crippen LogP contribution in [0.25, 0.3) is 0 Å². The van der Waals surface area contributed by atoms with Crippen molar-refractivity contribution in [2.75, 3.05) is 11.9 Å². The molecule has 0 bridgehead atoms. The minimum Gasteiger partial charge on any atom is -0.481 e. The molecule has 0 saturated carbocycles. The molecule has 5 heteroatoms. The van der Waals surface area contributed by atoms with E-state index in [1.807, 2.05) is 0 Å². The molecule has 0 spiro atoms. The summed E-state index contributed by atoms with van der Waals surface area (Å²) < 4.78 is 12.8. The van der Waals surface area contributed by atoms with Gasteiger partial charge < -0.3 is 10.4 Å². The number of halogens is 2. The summed E-state index contributed by atoms with van der Waals surface area (Å²) in [7, 11) is 0. The molecule has 3 nitrogen and oxygen atoms in total. The molecule has 0 amide bonds. The summed E-state index contributed by atoms with van der Waals surface area (Å²) in [5.74, 6) is -1.19. The van der Waals surface area contributed by atoms with E-state index in [1.54, 1.807) is 6.07 Å². The minimum atomic E-state index is -0.761. The first-order valence-corrected chi connectivity index (χ1v) is 5.88. The molecular formula is C12H15ClFNO2. The quantitative estimate of drug-likeness (QED) is 0.737. The van der Waals surface area contributed by atoms with Gasteiger partial charge in [0.05, 0.1) is 5.02 Å². The highest BCUT2D eigenvalue weighted by Gasteiger charge is 2.00. The fourth-order valence-electron chi connectivity index (χ4n) is 1.42. The van der Waals surface area contributed by atoms with Crippen LogP contribution in [0.1, 0.15) is 25.7 Å². The molecule has 0 aliphatic heterocycles. The first kappa shape index (κ1) is 13.8. The molecule has 0 aliphatic rings. The van der Waals surface area contributed by atoms with E-state index in [2.05, 4.69) is 5.32 Å².